The summed E-state index contributed by atoms with van der Waals surface area (Å²) in [5, 5.41) is 16.3. The van der Waals surface area contributed by atoms with E-state index in [1.54, 1.807) is 18.5 Å². The molecule has 5 rings (SSSR count). The van der Waals surface area contributed by atoms with Gasteiger partial charge >= 0.3 is 6.09 Å². The van der Waals surface area contributed by atoms with E-state index in [1.165, 1.54) is 0 Å². The highest BCUT2D eigenvalue weighted by molar-refractivity contribution is 6.74. The third kappa shape index (κ3) is 5.77. The van der Waals surface area contributed by atoms with Gasteiger partial charge in [0.15, 0.2) is 8.32 Å². The van der Waals surface area contributed by atoms with Crippen molar-refractivity contribution in [3.8, 4) is 0 Å². The van der Waals surface area contributed by atoms with Crippen molar-refractivity contribution in [2.45, 2.75) is 58.0 Å². The molecule has 10 nitrogen and oxygen atoms in total. The molecule has 3 aromatic rings. The van der Waals surface area contributed by atoms with Gasteiger partial charge in [0.2, 0.25) is 0 Å². The predicted molar refractivity (Wildman–Crippen MR) is 164 cm³/mol. The second kappa shape index (κ2) is 10.8. The molecule has 41 heavy (non-hydrogen) atoms. The molecule has 0 radical (unpaired) electrons. The summed E-state index contributed by atoms with van der Waals surface area (Å²) < 4.78 is 8.71. The minimum Gasteiger partial charge on any atom is -0.465 e. The maximum absolute atomic E-state index is 13.4. The Morgan fingerprint density at radius 1 is 1.15 bits per heavy atom. The van der Waals surface area contributed by atoms with Crippen molar-refractivity contribution in [1.82, 2.24) is 19.9 Å². The zero-order valence-corrected chi connectivity index (χ0v) is 25.4. The number of carbonyl (C=O) groups excluding carboxylic acids is 1. The van der Waals surface area contributed by atoms with E-state index < -0.39 is 20.5 Å². The van der Waals surface area contributed by atoms with Gasteiger partial charge in [-0.3, -0.25) is 9.78 Å². The number of aromatic nitrogens is 3. The smallest absolute Gasteiger partial charge is 0.405 e. The van der Waals surface area contributed by atoms with Crippen molar-refractivity contribution in [3.63, 3.8) is 0 Å². The maximum Gasteiger partial charge on any atom is 0.405 e. The van der Waals surface area contributed by atoms with E-state index in [9.17, 15) is 14.7 Å². The van der Waals surface area contributed by atoms with Gasteiger partial charge in [-0.25, -0.2) is 9.78 Å². The van der Waals surface area contributed by atoms with E-state index in [1.807, 2.05) is 47.2 Å². The highest BCUT2D eigenvalue weighted by Gasteiger charge is 2.45. The Balaban J connectivity index is 1.38. The van der Waals surface area contributed by atoms with Crippen molar-refractivity contribution in [1.29, 1.82) is 0 Å². The van der Waals surface area contributed by atoms with Gasteiger partial charge in [-0.15, -0.1) is 0 Å². The normalized spacial score (nSPS) is 20.9. The molecule has 0 bridgehead atoms. The minimum absolute atomic E-state index is 0.00954. The van der Waals surface area contributed by atoms with Crippen LogP contribution in [0.25, 0.3) is 16.7 Å². The van der Waals surface area contributed by atoms with Gasteiger partial charge < -0.3 is 29.6 Å². The van der Waals surface area contributed by atoms with Crippen LogP contribution in [0, 0.1) is 5.92 Å². The second-order valence-electron chi connectivity index (χ2n) is 12.4. The lowest BCUT2D eigenvalue weighted by atomic mass is 9.92. The van der Waals surface area contributed by atoms with Gasteiger partial charge in [-0.2, -0.15) is 0 Å². The number of allylic oxidation sites excluding steroid dienone is 4. The molecule has 11 heteroatoms. The standard InChI is InChI=1S/C30H38N6O4Si/c1-19-17-35(18-24(34-29(38)39)26(19)40-41(5,6)30(2,3)4)25-12-14-31-16-23(25)33-28(37)22-11-10-20-13-15-36(27(20)32-22)21-8-7-9-21/h7-16,19,24,26,34H,17-18H2,1-6H3,(H,33,37)(H,38,39)/t19-,24+,26-/m0/s1. The Morgan fingerprint density at radius 3 is 2.56 bits per heavy atom. The fourth-order valence-electron chi connectivity index (χ4n) is 5.09. The molecule has 3 atom stereocenters. The summed E-state index contributed by atoms with van der Waals surface area (Å²) in [5.74, 6) is -0.324. The molecule has 1 aliphatic carbocycles. The zero-order valence-electron chi connectivity index (χ0n) is 24.4. The number of nitrogens with one attached hydrogen (secondary N) is 2. The Kier molecular flexibility index (Phi) is 7.52. The predicted octanol–water partition coefficient (Wildman–Crippen LogP) is 5.58. The molecule has 3 N–H and O–H groups in total. The van der Waals surface area contributed by atoms with Gasteiger partial charge in [-0.05, 0) is 54.5 Å². The third-order valence-corrected chi connectivity index (χ3v) is 12.9. The molecule has 2 amide bonds. The van der Waals surface area contributed by atoms with Gasteiger partial charge in [0.05, 0.1) is 29.7 Å². The molecule has 2 aliphatic rings. The van der Waals surface area contributed by atoms with Crippen molar-refractivity contribution in [3.05, 3.63) is 66.8 Å². The lowest BCUT2D eigenvalue weighted by Gasteiger charge is -2.48. The quantitative estimate of drug-likeness (QED) is 0.315. The topological polar surface area (TPSA) is 122 Å². The number of hydrogen-bond acceptors (Lipinski definition) is 6. The number of carboxylic acid groups (broad SMARTS) is 1. The van der Waals surface area contributed by atoms with Gasteiger partial charge in [0, 0.05) is 42.5 Å². The molecule has 3 aromatic heterocycles. The number of carbonyl (C=O) groups is 2. The first-order chi connectivity index (χ1) is 19.3. The molecule has 0 saturated carbocycles. The Hall–Kier alpha value is -3.96. The van der Waals surface area contributed by atoms with E-state index in [-0.39, 0.29) is 28.7 Å². The van der Waals surface area contributed by atoms with E-state index in [0.717, 1.165) is 16.8 Å². The Morgan fingerprint density at radius 2 is 1.90 bits per heavy atom. The zero-order chi connectivity index (χ0) is 29.5. The maximum atomic E-state index is 13.4. The number of pyridine rings is 2. The van der Waals surface area contributed by atoms with Crippen molar-refractivity contribution in [2.24, 2.45) is 5.92 Å². The largest absolute Gasteiger partial charge is 0.465 e. The van der Waals surface area contributed by atoms with Crippen LogP contribution in [0.2, 0.25) is 18.1 Å². The van der Waals surface area contributed by atoms with E-state index in [0.29, 0.717) is 24.4 Å². The Bertz CT molecular complexity index is 1540. The number of rotatable bonds is 7. The molecule has 0 spiro atoms. The molecule has 1 aliphatic heterocycles. The highest BCUT2D eigenvalue weighted by atomic mass is 28.4. The summed E-state index contributed by atoms with van der Waals surface area (Å²) in [5.41, 5.74) is 3.30. The number of hydrogen-bond donors (Lipinski definition) is 3. The fraction of sp³-hybridized carbons (Fsp3) is 0.400. The number of anilines is 2. The van der Waals surface area contributed by atoms with Crippen LogP contribution in [-0.4, -0.2) is 65.2 Å². The number of fused-ring (bicyclic) bond motifs is 1. The van der Waals surface area contributed by atoms with Crippen molar-refractivity contribution < 1.29 is 19.1 Å². The van der Waals surface area contributed by atoms with Gasteiger partial charge in [0.1, 0.15) is 11.3 Å². The Labute approximate surface area is 241 Å². The van der Waals surface area contributed by atoms with Crippen LogP contribution in [0.3, 0.4) is 0 Å². The molecule has 1 saturated heterocycles. The first kappa shape index (κ1) is 28.6. The number of amides is 2. The highest BCUT2D eigenvalue weighted by Crippen LogP contribution is 2.40. The van der Waals surface area contributed by atoms with Gasteiger partial charge in [-0.1, -0.05) is 33.8 Å². The van der Waals surface area contributed by atoms with Crippen molar-refractivity contribution >= 4 is 48.4 Å². The SMILES string of the molecule is C[C@H]1CN(c2ccncc2NC(=O)c2ccc3ccn(C4=CC=C4)c3n2)C[C@@H](NC(=O)O)[C@H]1O[Si](C)(C)C(C)(C)C. The van der Waals surface area contributed by atoms with Crippen molar-refractivity contribution in [2.75, 3.05) is 23.3 Å². The first-order valence-corrected chi connectivity index (χ1v) is 16.8. The van der Waals surface area contributed by atoms with E-state index in [4.69, 9.17) is 4.43 Å². The summed E-state index contributed by atoms with van der Waals surface area (Å²) in [6, 6.07) is 6.96. The summed E-state index contributed by atoms with van der Waals surface area (Å²) >= 11 is 0. The first-order valence-electron chi connectivity index (χ1n) is 13.9. The van der Waals surface area contributed by atoms with Gasteiger partial charge in [0.25, 0.3) is 5.91 Å². The molecule has 0 unspecified atom stereocenters. The summed E-state index contributed by atoms with van der Waals surface area (Å²) in [4.78, 5) is 36.2. The lowest BCUT2D eigenvalue weighted by molar-refractivity contribution is 0.0722. The molecular formula is C30H38N6O4Si. The average molecular weight is 575 g/mol. The summed E-state index contributed by atoms with van der Waals surface area (Å²) in [6.45, 7) is 14.0. The lowest BCUT2D eigenvalue weighted by Crippen LogP contribution is -2.62. The average Bonchev–Trinajstić information content (AvgIpc) is 3.27. The molecular weight excluding hydrogens is 536 g/mol. The monoisotopic (exact) mass is 574 g/mol. The minimum atomic E-state index is -2.16. The van der Waals surface area contributed by atoms with E-state index in [2.05, 4.69) is 66.3 Å². The van der Waals surface area contributed by atoms with Crippen LogP contribution < -0.4 is 15.5 Å². The molecule has 0 aromatic carbocycles. The summed E-state index contributed by atoms with van der Waals surface area (Å²) in [6.07, 6.45) is 9.81. The van der Waals surface area contributed by atoms with Crippen LogP contribution in [0.1, 0.15) is 38.2 Å². The van der Waals surface area contributed by atoms with Crippen LogP contribution in [0.15, 0.2) is 61.1 Å². The fourth-order valence-corrected chi connectivity index (χ4v) is 6.52. The van der Waals surface area contributed by atoms with E-state index >= 15 is 0 Å². The molecule has 4 heterocycles. The molecule has 216 valence electrons. The van der Waals surface area contributed by atoms with Crippen LogP contribution >= 0.6 is 0 Å². The second-order valence-corrected chi connectivity index (χ2v) is 17.1. The van der Waals surface area contributed by atoms with Crippen LogP contribution in [0.4, 0.5) is 16.2 Å². The number of piperidine rings is 1. The van der Waals surface area contributed by atoms with Crippen LogP contribution in [0.5, 0.6) is 0 Å². The van der Waals surface area contributed by atoms with Crippen LogP contribution in [-0.2, 0) is 4.43 Å². The molecule has 1 fully saturated rings. The summed E-state index contributed by atoms with van der Waals surface area (Å²) in [7, 11) is -2.16. The number of nitrogens with zero attached hydrogens (tertiary/aromatic N) is 4. The third-order valence-electron chi connectivity index (χ3n) is 8.40.